The fraction of sp³-hybridized carbons (Fsp3) is 1.00. The molecular weight excluding hydrogens is 304 g/mol. The molecule has 0 aromatic heterocycles. The van der Waals surface area contributed by atoms with Crippen LogP contribution in [0.15, 0.2) is 5.11 Å². The molecule has 0 amide bonds. The van der Waals surface area contributed by atoms with E-state index in [1.54, 1.807) is 0 Å². The van der Waals surface area contributed by atoms with Gasteiger partial charge in [0, 0.05) is 17.5 Å². The van der Waals surface area contributed by atoms with Crippen molar-refractivity contribution in [1.82, 2.24) is 0 Å². The molecule has 0 aromatic carbocycles. The predicted octanol–water partition coefficient (Wildman–Crippen LogP) is 4.44. The maximum Gasteiger partial charge on any atom is 0.0950 e. The fourth-order valence-corrected chi connectivity index (χ4v) is 2.89. The summed E-state index contributed by atoms with van der Waals surface area (Å²) in [7, 11) is 0. The number of unbranched alkanes of at least 4 members (excludes halogenated alkanes) is 11. The number of nitrogens with zero attached hydrogens (tertiary/aromatic N) is 3. The van der Waals surface area contributed by atoms with Crippen molar-refractivity contribution >= 4 is 0 Å². The summed E-state index contributed by atoms with van der Waals surface area (Å²) in [6.07, 6.45) is 13.9. The van der Waals surface area contributed by atoms with Gasteiger partial charge in [0.15, 0.2) is 0 Å². The van der Waals surface area contributed by atoms with Gasteiger partial charge >= 0.3 is 0 Å². The average Bonchev–Trinajstić information content (AvgIpc) is 2.59. The smallest absolute Gasteiger partial charge is 0.0950 e. The van der Waals surface area contributed by atoms with Gasteiger partial charge in [-0.05, 0) is 12.0 Å². The third kappa shape index (κ3) is 13.6. The minimum absolute atomic E-state index is 0.00711. The number of azide groups is 1. The van der Waals surface area contributed by atoms with Crippen LogP contribution in [0, 0.1) is 0 Å². The molecule has 6 nitrogen and oxygen atoms in total. The molecule has 0 unspecified atom stereocenters. The van der Waals surface area contributed by atoms with Crippen LogP contribution in [0.5, 0.6) is 0 Å². The Balaban J connectivity index is 3.41. The highest BCUT2D eigenvalue weighted by Crippen LogP contribution is 2.14. The van der Waals surface area contributed by atoms with Gasteiger partial charge in [0.2, 0.25) is 0 Å². The Labute approximate surface area is 147 Å². The van der Waals surface area contributed by atoms with E-state index in [9.17, 15) is 10.2 Å². The molecule has 0 saturated carbocycles. The lowest BCUT2D eigenvalue weighted by atomic mass is 9.99. The zero-order chi connectivity index (χ0) is 18.0. The summed E-state index contributed by atoms with van der Waals surface area (Å²) >= 11 is 0. The normalized spacial score (nSPS) is 14.8. The number of hydrogen-bond donors (Lipinski definition) is 3. The highest BCUT2D eigenvalue weighted by atomic mass is 16.3. The van der Waals surface area contributed by atoms with Gasteiger partial charge < -0.3 is 15.9 Å². The molecule has 0 aliphatic heterocycles. The first-order valence-electron chi connectivity index (χ1n) is 9.76. The van der Waals surface area contributed by atoms with Crippen LogP contribution in [0.1, 0.15) is 90.4 Å². The summed E-state index contributed by atoms with van der Waals surface area (Å²) in [5, 5.41) is 23.0. The molecule has 0 fully saturated rings. The molecule has 3 atom stereocenters. The predicted molar refractivity (Wildman–Crippen MR) is 99.7 cm³/mol. The molecule has 0 spiro atoms. The number of nitrogens with two attached hydrogens (primary N) is 1. The molecule has 0 aliphatic carbocycles. The molecule has 4 N–H and O–H groups in total. The third-order valence-electron chi connectivity index (χ3n) is 4.54. The van der Waals surface area contributed by atoms with E-state index in [4.69, 9.17) is 11.3 Å². The summed E-state index contributed by atoms with van der Waals surface area (Å²) in [6.45, 7) is 2.25. The zero-order valence-corrected chi connectivity index (χ0v) is 15.4. The minimum Gasteiger partial charge on any atom is -0.390 e. The van der Waals surface area contributed by atoms with E-state index in [2.05, 4.69) is 16.9 Å². The van der Waals surface area contributed by atoms with E-state index in [1.807, 2.05) is 0 Å². The number of aliphatic hydroxyl groups is 2. The van der Waals surface area contributed by atoms with Crippen LogP contribution in [0.2, 0.25) is 0 Å². The highest BCUT2D eigenvalue weighted by molar-refractivity contribution is 4.80. The Morgan fingerprint density at radius 1 is 0.875 bits per heavy atom. The summed E-state index contributed by atoms with van der Waals surface area (Å²) in [4.78, 5) is 2.61. The van der Waals surface area contributed by atoms with Crippen LogP contribution in [0.25, 0.3) is 10.4 Å². The van der Waals surface area contributed by atoms with E-state index < -0.39 is 18.2 Å². The van der Waals surface area contributed by atoms with Crippen LogP contribution in [0.3, 0.4) is 0 Å². The van der Waals surface area contributed by atoms with Crippen molar-refractivity contribution in [2.24, 2.45) is 10.8 Å². The monoisotopic (exact) mass is 342 g/mol. The molecule has 0 radical (unpaired) electrons. The minimum atomic E-state index is -1.02. The van der Waals surface area contributed by atoms with Gasteiger partial charge in [0.05, 0.1) is 12.2 Å². The lowest BCUT2D eigenvalue weighted by Gasteiger charge is -2.22. The standard InChI is InChI=1S/C18H38N4O2/c1-2-3-4-5-6-7-8-9-10-11-12-13-14-17(23)18(24)16(19)15-21-22-20/h16-18,23-24H,2-15,19H2,1H3/t16-,17+,18+/m0/s1. The number of hydrogen-bond acceptors (Lipinski definition) is 4. The van der Waals surface area contributed by atoms with Crippen LogP contribution in [-0.4, -0.2) is 35.0 Å². The van der Waals surface area contributed by atoms with Crippen LogP contribution in [-0.2, 0) is 0 Å². The topological polar surface area (TPSA) is 115 Å². The maximum atomic E-state index is 9.88. The van der Waals surface area contributed by atoms with Gasteiger partial charge in [0.25, 0.3) is 0 Å². The van der Waals surface area contributed by atoms with Crippen molar-refractivity contribution in [3.63, 3.8) is 0 Å². The Morgan fingerprint density at radius 3 is 1.79 bits per heavy atom. The average molecular weight is 343 g/mol. The quantitative estimate of drug-likeness (QED) is 0.157. The van der Waals surface area contributed by atoms with Crippen LogP contribution in [0.4, 0.5) is 0 Å². The Morgan fingerprint density at radius 2 is 1.33 bits per heavy atom. The second-order valence-electron chi connectivity index (χ2n) is 6.81. The van der Waals surface area contributed by atoms with Gasteiger partial charge in [0.1, 0.15) is 0 Å². The Kier molecular flexibility index (Phi) is 16.5. The van der Waals surface area contributed by atoms with Crippen molar-refractivity contribution in [2.75, 3.05) is 6.54 Å². The van der Waals surface area contributed by atoms with Gasteiger partial charge in [-0.25, -0.2) is 0 Å². The number of aliphatic hydroxyl groups excluding tert-OH is 2. The van der Waals surface area contributed by atoms with Crippen LogP contribution < -0.4 is 5.73 Å². The molecular formula is C18H38N4O2. The number of rotatable bonds is 17. The Hall–Kier alpha value is -0.810. The van der Waals surface area contributed by atoms with Crippen molar-refractivity contribution in [3.8, 4) is 0 Å². The fourth-order valence-electron chi connectivity index (χ4n) is 2.89. The van der Waals surface area contributed by atoms with Crippen LogP contribution >= 0.6 is 0 Å². The molecule has 0 saturated heterocycles. The SMILES string of the molecule is CCCCCCCCCCCCCC[C@@H](O)[C@H](O)[C@@H](N)CN=[N+]=[N-]. The van der Waals surface area contributed by atoms with Gasteiger partial charge in [-0.2, -0.15) is 0 Å². The zero-order valence-electron chi connectivity index (χ0n) is 15.4. The molecule has 24 heavy (non-hydrogen) atoms. The largest absolute Gasteiger partial charge is 0.390 e. The molecule has 0 aliphatic rings. The second kappa shape index (κ2) is 17.0. The van der Waals surface area contributed by atoms with Gasteiger partial charge in [-0.1, -0.05) is 89.1 Å². The van der Waals surface area contributed by atoms with Crippen molar-refractivity contribution in [1.29, 1.82) is 0 Å². The Bertz CT molecular complexity index is 322. The van der Waals surface area contributed by atoms with Crippen molar-refractivity contribution in [2.45, 2.75) is 109 Å². The van der Waals surface area contributed by atoms with E-state index in [1.165, 1.54) is 64.2 Å². The van der Waals surface area contributed by atoms with E-state index >= 15 is 0 Å². The first kappa shape index (κ1) is 23.2. The van der Waals surface area contributed by atoms with Crippen molar-refractivity contribution in [3.05, 3.63) is 10.4 Å². The summed E-state index contributed by atoms with van der Waals surface area (Å²) in [5.41, 5.74) is 13.9. The lowest BCUT2D eigenvalue weighted by molar-refractivity contribution is 0.0000636. The summed E-state index contributed by atoms with van der Waals surface area (Å²) in [6, 6.07) is -0.701. The molecule has 6 heteroatoms. The lowest BCUT2D eigenvalue weighted by Crippen LogP contribution is -2.44. The highest BCUT2D eigenvalue weighted by Gasteiger charge is 2.22. The van der Waals surface area contributed by atoms with E-state index in [-0.39, 0.29) is 6.54 Å². The maximum absolute atomic E-state index is 9.88. The van der Waals surface area contributed by atoms with E-state index in [0.717, 1.165) is 12.8 Å². The second-order valence-corrected chi connectivity index (χ2v) is 6.81. The third-order valence-corrected chi connectivity index (χ3v) is 4.54. The molecule has 142 valence electrons. The molecule has 0 heterocycles. The van der Waals surface area contributed by atoms with E-state index in [0.29, 0.717) is 6.42 Å². The molecule has 0 rings (SSSR count). The molecule has 0 aromatic rings. The van der Waals surface area contributed by atoms with Gasteiger partial charge in [-0.3, -0.25) is 0 Å². The first-order valence-corrected chi connectivity index (χ1v) is 9.76. The molecule has 0 bridgehead atoms. The summed E-state index contributed by atoms with van der Waals surface area (Å²) < 4.78 is 0. The van der Waals surface area contributed by atoms with Crippen molar-refractivity contribution < 1.29 is 10.2 Å². The first-order chi connectivity index (χ1) is 11.6. The summed E-state index contributed by atoms with van der Waals surface area (Å²) in [5.74, 6) is 0. The van der Waals surface area contributed by atoms with Gasteiger partial charge in [-0.15, -0.1) is 0 Å².